The summed E-state index contributed by atoms with van der Waals surface area (Å²) in [6.45, 7) is 2.03. The third-order valence-electron chi connectivity index (χ3n) is 3.66. The topological polar surface area (TPSA) is 86.6 Å². The molecular weight excluding hydrogens is 248 g/mol. The molecular formula is C12H14N4O3. The van der Waals surface area contributed by atoms with Gasteiger partial charge in [-0.25, -0.2) is 9.78 Å². The first-order chi connectivity index (χ1) is 9.15. The second-order valence-corrected chi connectivity index (χ2v) is 4.79. The Hall–Kier alpha value is -2.18. The number of hydrogen-bond donors (Lipinski definition) is 1. The highest BCUT2D eigenvalue weighted by Crippen LogP contribution is 2.25. The molecule has 2 aliphatic heterocycles. The average Bonchev–Trinajstić information content (AvgIpc) is 2.80. The van der Waals surface area contributed by atoms with Crippen molar-refractivity contribution >= 4 is 17.7 Å². The fourth-order valence-electron chi connectivity index (χ4n) is 2.68. The van der Waals surface area contributed by atoms with E-state index in [0.717, 1.165) is 6.42 Å². The lowest BCUT2D eigenvalue weighted by molar-refractivity contribution is -0.129. The van der Waals surface area contributed by atoms with Gasteiger partial charge in [0.05, 0.1) is 12.4 Å². The lowest BCUT2D eigenvalue weighted by Crippen LogP contribution is -2.51. The van der Waals surface area contributed by atoms with Gasteiger partial charge in [0.2, 0.25) is 5.91 Å². The fraction of sp³-hybridized carbons (Fsp3) is 0.500. The van der Waals surface area contributed by atoms with Gasteiger partial charge in [0.15, 0.2) is 5.69 Å². The van der Waals surface area contributed by atoms with E-state index in [1.54, 1.807) is 6.20 Å². The van der Waals surface area contributed by atoms with Gasteiger partial charge in [-0.3, -0.25) is 9.78 Å². The highest BCUT2D eigenvalue weighted by molar-refractivity contribution is 5.85. The molecule has 1 amide bonds. The number of nitrogens with zero attached hydrogens (tertiary/aromatic N) is 4. The average molecular weight is 262 g/mol. The fourth-order valence-corrected chi connectivity index (χ4v) is 2.68. The molecule has 0 aliphatic carbocycles. The number of hydrogen-bond acceptors (Lipinski definition) is 5. The van der Waals surface area contributed by atoms with Crippen LogP contribution in [0, 0.1) is 0 Å². The van der Waals surface area contributed by atoms with E-state index >= 15 is 0 Å². The largest absolute Gasteiger partial charge is 0.476 e. The van der Waals surface area contributed by atoms with E-state index in [-0.39, 0.29) is 17.6 Å². The van der Waals surface area contributed by atoms with Crippen LogP contribution in [-0.2, 0) is 4.79 Å². The Morgan fingerprint density at radius 1 is 1.37 bits per heavy atom. The second-order valence-electron chi connectivity index (χ2n) is 4.79. The summed E-state index contributed by atoms with van der Waals surface area (Å²) in [4.78, 5) is 34.4. The van der Waals surface area contributed by atoms with Gasteiger partial charge >= 0.3 is 5.97 Å². The molecule has 1 atom stereocenters. The van der Waals surface area contributed by atoms with Gasteiger partial charge in [0.25, 0.3) is 0 Å². The Kier molecular flexibility index (Phi) is 2.81. The van der Waals surface area contributed by atoms with E-state index in [1.807, 2.05) is 9.80 Å². The third-order valence-corrected chi connectivity index (χ3v) is 3.66. The summed E-state index contributed by atoms with van der Waals surface area (Å²) in [5.41, 5.74) is -0.0533. The number of carboxylic acid groups (broad SMARTS) is 1. The zero-order valence-corrected chi connectivity index (χ0v) is 10.3. The summed E-state index contributed by atoms with van der Waals surface area (Å²) < 4.78 is 0. The summed E-state index contributed by atoms with van der Waals surface area (Å²) in [5, 5.41) is 8.92. The maximum absolute atomic E-state index is 11.6. The van der Waals surface area contributed by atoms with Crippen LogP contribution >= 0.6 is 0 Å². The van der Waals surface area contributed by atoms with Crippen molar-refractivity contribution in [3.8, 4) is 0 Å². The lowest BCUT2D eigenvalue weighted by Gasteiger charge is -2.38. The van der Waals surface area contributed by atoms with Crippen LogP contribution in [0.5, 0.6) is 0 Å². The molecule has 3 rings (SSSR count). The maximum atomic E-state index is 11.6. The molecule has 2 fully saturated rings. The SMILES string of the molecule is O=C(O)c1cncc(N2CCN3C(=O)CCC3C2)n1. The predicted octanol–water partition coefficient (Wildman–Crippen LogP) is -0.0142. The summed E-state index contributed by atoms with van der Waals surface area (Å²) >= 11 is 0. The normalized spacial score (nSPS) is 22.5. The number of aromatic nitrogens is 2. The first kappa shape index (κ1) is 11.9. The van der Waals surface area contributed by atoms with E-state index in [9.17, 15) is 9.59 Å². The van der Waals surface area contributed by atoms with Gasteiger partial charge in [-0.2, -0.15) is 0 Å². The van der Waals surface area contributed by atoms with Crippen LogP contribution < -0.4 is 4.90 Å². The van der Waals surface area contributed by atoms with Crippen molar-refractivity contribution in [3.63, 3.8) is 0 Å². The highest BCUT2D eigenvalue weighted by Gasteiger charge is 2.35. The molecule has 0 spiro atoms. The Morgan fingerprint density at radius 3 is 3.00 bits per heavy atom. The monoisotopic (exact) mass is 262 g/mol. The first-order valence-corrected chi connectivity index (χ1v) is 6.25. The smallest absolute Gasteiger partial charge is 0.356 e. The quantitative estimate of drug-likeness (QED) is 0.806. The molecule has 19 heavy (non-hydrogen) atoms. The number of carboxylic acids is 1. The Balaban J connectivity index is 1.78. The van der Waals surface area contributed by atoms with Crippen LogP contribution in [0.2, 0.25) is 0 Å². The first-order valence-electron chi connectivity index (χ1n) is 6.25. The number of rotatable bonds is 2. The molecule has 1 N–H and O–H groups in total. The van der Waals surface area contributed by atoms with E-state index in [4.69, 9.17) is 5.11 Å². The van der Waals surface area contributed by atoms with Gasteiger partial charge in [-0.15, -0.1) is 0 Å². The Labute approximate surface area is 109 Å². The van der Waals surface area contributed by atoms with Gasteiger partial charge in [-0.1, -0.05) is 0 Å². The Morgan fingerprint density at radius 2 is 2.21 bits per heavy atom. The third kappa shape index (κ3) is 2.11. The molecule has 0 radical (unpaired) electrons. The van der Waals surface area contributed by atoms with E-state index in [0.29, 0.717) is 31.9 Å². The van der Waals surface area contributed by atoms with Crippen LogP contribution in [0.15, 0.2) is 12.4 Å². The van der Waals surface area contributed by atoms with Crippen LogP contribution in [0.25, 0.3) is 0 Å². The van der Waals surface area contributed by atoms with Crippen molar-refractivity contribution in [3.05, 3.63) is 18.1 Å². The minimum atomic E-state index is -1.08. The van der Waals surface area contributed by atoms with E-state index < -0.39 is 5.97 Å². The number of anilines is 1. The zero-order valence-electron chi connectivity index (χ0n) is 10.3. The molecule has 1 aromatic rings. The summed E-state index contributed by atoms with van der Waals surface area (Å²) in [6, 6.07) is 0.219. The van der Waals surface area contributed by atoms with Gasteiger partial charge in [0, 0.05) is 32.1 Å². The second kappa shape index (κ2) is 4.49. The number of carbonyl (C=O) groups is 2. The summed E-state index contributed by atoms with van der Waals surface area (Å²) in [5.74, 6) is -0.294. The standard InChI is InChI=1S/C12H14N4O3/c17-11-2-1-8-7-15(3-4-16(8)11)10-6-13-5-9(14-10)12(18)19/h5-6,8H,1-4,7H2,(H,18,19). The van der Waals surface area contributed by atoms with Crippen LogP contribution in [0.4, 0.5) is 5.82 Å². The summed E-state index contributed by atoms with van der Waals surface area (Å²) in [6.07, 6.45) is 4.28. The van der Waals surface area contributed by atoms with Gasteiger partial charge < -0.3 is 14.9 Å². The van der Waals surface area contributed by atoms with E-state index in [2.05, 4.69) is 9.97 Å². The highest BCUT2D eigenvalue weighted by atomic mass is 16.4. The summed E-state index contributed by atoms with van der Waals surface area (Å²) in [7, 11) is 0. The van der Waals surface area contributed by atoms with Crippen LogP contribution in [0.3, 0.4) is 0 Å². The minimum Gasteiger partial charge on any atom is -0.476 e. The van der Waals surface area contributed by atoms with Crippen molar-refractivity contribution in [2.24, 2.45) is 0 Å². The molecule has 1 unspecified atom stereocenters. The van der Waals surface area contributed by atoms with Crippen molar-refractivity contribution in [2.45, 2.75) is 18.9 Å². The van der Waals surface area contributed by atoms with Crippen molar-refractivity contribution in [1.29, 1.82) is 0 Å². The number of fused-ring (bicyclic) bond motifs is 1. The molecule has 100 valence electrons. The van der Waals surface area contributed by atoms with Gasteiger partial charge in [-0.05, 0) is 6.42 Å². The van der Waals surface area contributed by atoms with Gasteiger partial charge in [0.1, 0.15) is 5.82 Å². The molecule has 0 aromatic carbocycles. The molecule has 7 nitrogen and oxygen atoms in total. The Bertz CT molecular complexity index is 533. The lowest BCUT2D eigenvalue weighted by atomic mass is 10.1. The molecule has 2 saturated heterocycles. The number of piperazine rings is 1. The molecule has 3 heterocycles. The minimum absolute atomic E-state index is 0.0533. The molecule has 0 saturated carbocycles. The molecule has 7 heteroatoms. The van der Waals surface area contributed by atoms with Crippen molar-refractivity contribution < 1.29 is 14.7 Å². The van der Waals surface area contributed by atoms with Crippen molar-refractivity contribution in [2.75, 3.05) is 24.5 Å². The number of carbonyl (C=O) groups excluding carboxylic acids is 1. The van der Waals surface area contributed by atoms with E-state index in [1.165, 1.54) is 6.20 Å². The molecule has 0 bridgehead atoms. The molecule has 2 aliphatic rings. The van der Waals surface area contributed by atoms with Crippen LogP contribution in [-0.4, -0.2) is 57.5 Å². The molecule has 1 aromatic heterocycles. The number of amides is 1. The zero-order chi connectivity index (χ0) is 13.4. The maximum Gasteiger partial charge on any atom is 0.356 e. The van der Waals surface area contributed by atoms with Crippen LogP contribution in [0.1, 0.15) is 23.3 Å². The van der Waals surface area contributed by atoms with Crippen molar-refractivity contribution in [1.82, 2.24) is 14.9 Å². The predicted molar refractivity (Wildman–Crippen MR) is 65.9 cm³/mol. The number of aromatic carboxylic acids is 1.